The molecule has 2 atom stereocenters. The Morgan fingerprint density at radius 1 is 1.10 bits per heavy atom. The van der Waals surface area contributed by atoms with E-state index in [-0.39, 0.29) is 17.9 Å². The number of carbonyl (C=O) groups excluding carboxylic acids is 1. The summed E-state index contributed by atoms with van der Waals surface area (Å²) in [6, 6.07) is 10.8. The Morgan fingerprint density at radius 3 is 2.31 bits per heavy atom. The van der Waals surface area contributed by atoms with Gasteiger partial charge in [-0.15, -0.1) is 0 Å². The molecule has 7 heteroatoms. The normalized spacial score (nSPS) is 13.0. The average molecular weight is 397 g/mol. The van der Waals surface area contributed by atoms with Gasteiger partial charge in [-0.25, -0.2) is 4.98 Å². The van der Waals surface area contributed by atoms with Crippen molar-refractivity contribution in [2.45, 2.75) is 26.3 Å². The number of benzene rings is 2. The first-order valence-corrected chi connectivity index (χ1v) is 9.57. The van der Waals surface area contributed by atoms with Crippen LogP contribution < -0.4 is 19.5 Å². The Kier molecular flexibility index (Phi) is 6.26. The van der Waals surface area contributed by atoms with Crippen LogP contribution in [0.5, 0.6) is 17.2 Å². The second kappa shape index (κ2) is 8.86. The van der Waals surface area contributed by atoms with Crippen molar-refractivity contribution in [2.75, 3.05) is 21.3 Å². The molecule has 0 saturated carbocycles. The van der Waals surface area contributed by atoms with Gasteiger partial charge in [-0.1, -0.05) is 32.4 Å². The molecule has 2 unspecified atom stereocenters. The summed E-state index contributed by atoms with van der Waals surface area (Å²) in [6.07, 6.45) is 0.886. The molecule has 154 valence electrons. The number of imidazole rings is 1. The van der Waals surface area contributed by atoms with Crippen LogP contribution in [-0.4, -0.2) is 37.2 Å². The Labute approximate surface area is 170 Å². The first-order chi connectivity index (χ1) is 14.0. The highest BCUT2D eigenvalue weighted by atomic mass is 16.5. The minimum atomic E-state index is -0.265. The maximum Gasteiger partial charge on any atom is 0.252 e. The fourth-order valence-electron chi connectivity index (χ4n) is 3.27. The molecule has 0 fully saturated rings. The number of aromatic nitrogens is 2. The number of ether oxygens (including phenoxy) is 3. The van der Waals surface area contributed by atoms with E-state index in [1.165, 1.54) is 21.3 Å². The van der Waals surface area contributed by atoms with Gasteiger partial charge in [0.05, 0.1) is 38.4 Å². The molecule has 3 rings (SSSR count). The lowest BCUT2D eigenvalue weighted by atomic mass is 9.98. The standard InChI is InChI=1S/C22H27N3O4/c1-6-13(2)19(21-23-15-9-7-8-10-16(15)24-21)25-22(26)14-11-17(27-3)20(29-5)18(12-14)28-4/h7-13,19H,6H2,1-5H3,(H,23,24)(H,25,26). The molecule has 0 bridgehead atoms. The number of methoxy groups -OCH3 is 3. The number of H-pyrrole nitrogens is 1. The van der Waals surface area contributed by atoms with E-state index in [1.54, 1.807) is 12.1 Å². The predicted molar refractivity (Wildman–Crippen MR) is 112 cm³/mol. The second-order valence-electron chi connectivity index (χ2n) is 6.89. The molecule has 3 aromatic rings. The van der Waals surface area contributed by atoms with Crippen LogP contribution >= 0.6 is 0 Å². The van der Waals surface area contributed by atoms with Gasteiger partial charge in [0.2, 0.25) is 5.75 Å². The fourth-order valence-corrected chi connectivity index (χ4v) is 3.27. The van der Waals surface area contributed by atoms with E-state index in [1.807, 2.05) is 24.3 Å². The third-order valence-electron chi connectivity index (χ3n) is 5.13. The molecular formula is C22H27N3O4. The highest BCUT2D eigenvalue weighted by Gasteiger charge is 2.25. The van der Waals surface area contributed by atoms with Crippen molar-refractivity contribution in [3.05, 3.63) is 47.8 Å². The summed E-state index contributed by atoms with van der Waals surface area (Å²) in [5.74, 6) is 1.99. The number of nitrogens with one attached hydrogen (secondary N) is 2. The van der Waals surface area contributed by atoms with Gasteiger partial charge in [0.25, 0.3) is 5.91 Å². The molecule has 0 radical (unpaired) electrons. The van der Waals surface area contributed by atoms with Crippen molar-refractivity contribution < 1.29 is 19.0 Å². The van der Waals surface area contributed by atoms with Crippen LogP contribution in [0.25, 0.3) is 11.0 Å². The summed E-state index contributed by atoms with van der Waals surface area (Å²) in [6.45, 7) is 4.18. The number of hydrogen-bond donors (Lipinski definition) is 2. The van der Waals surface area contributed by atoms with Gasteiger partial charge in [-0.3, -0.25) is 4.79 Å². The molecule has 0 aliphatic rings. The summed E-state index contributed by atoms with van der Waals surface area (Å²) < 4.78 is 16.1. The first-order valence-electron chi connectivity index (χ1n) is 9.57. The second-order valence-corrected chi connectivity index (χ2v) is 6.89. The number of amides is 1. The monoisotopic (exact) mass is 397 g/mol. The minimum absolute atomic E-state index is 0.182. The molecule has 1 amide bonds. The van der Waals surface area contributed by atoms with Crippen LogP contribution in [0.2, 0.25) is 0 Å². The topological polar surface area (TPSA) is 85.5 Å². The minimum Gasteiger partial charge on any atom is -0.493 e. The Hall–Kier alpha value is -3.22. The maximum atomic E-state index is 13.1. The average Bonchev–Trinajstić information content (AvgIpc) is 3.19. The molecular weight excluding hydrogens is 370 g/mol. The molecule has 1 aromatic heterocycles. The van der Waals surface area contributed by atoms with Crippen molar-refractivity contribution >= 4 is 16.9 Å². The van der Waals surface area contributed by atoms with Crippen molar-refractivity contribution in [1.82, 2.24) is 15.3 Å². The van der Waals surface area contributed by atoms with Crippen molar-refractivity contribution in [2.24, 2.45) is 5.92 Å². The Balaban J connectivity index is 1.95. The molecule has 7 nitrogen and oxygen atoms in total. The van der Waals surface area contributed by atoms with E-state index in [4.69, 9.17) is 14.2 Å². The molecule has 0 aliphatic heterocycles. The van der Waals surface area contributed by atoms with Crippen LogP contribution in [0.4, 0.5) is 0 Å². The van der Waals surface area contributed by atoms with E-state index in [9.17, 15) is 4.79 Å². The van der Waals surface area contributed by atoms with Gasteiger partial charge in [0.15, 0.2) is 11.5 Å². The number of rotatable bonds is 8. The highest BCUT2D eigenvalue weighted by molar-refractivity contribution is 5.96. The van der Waals surface area contributed by atoms with Crippen molar-refractivity contribution in [3.63, 3.8) is 0 Å². The number of hydrogen-bond acceptors (Lipinski definition) is 5. The van der Waals surface area contributed by atoms with E-state index < -0.39 is 0 Å². The number of nitrogens with zero attached hydrogens (tertiary/aromatic N) is 1. The molecule has 0 spiro atoms. The summed E-state index contributed by atoms with van der Waals surface area (Å²) in [7, 11) is 4.57. The number of fused-ring (bicyclic) bond motifs is 1. The summed E-state index contributed by atoms with van der Waals surface area (Å²) in [4.78, 5) is 21.1. The fraction of sp³-hybridized carbons (Fsp3) is 0.364. The van der Waals surface area contributed by atoms with Gasteiger partial charge < -0.3 is 24.5 Å². The number of aromatic amines is 1. The van der Waals surface area contributed by atoms with Gasteiger partial charge in [-0.2, -0.15) is 0 Å². The van der Waals surface area contributed by atoms with Crippen LogP contribution in [0.3, 0.4) is 0 Å². The number of carbonyl (C=O) groups is 1. The van der Waals surface area contributed by atoms with E-state index in [0.717, 1.165) is 23.3 Å². The van der Waals surface area contributed by atoms with E-state index >= 15 is 0 Å². The first kappa shape index (κ1) is 20.5. The third-order valence-corrected chi connectivity index (χ3v) is 5.13. The Bertz CT molecular complexity index is 941. The summed E-state index contributed by atoms with van der Waals surface area (Å²) in [5, 5.41) is 3.12. The third kappa shape index (κ3) is 4.13. The predicted octanol–water partition coefficient (Wildman–Crippen LogP) is 4.11. The smallest absolute Gasteiger partial charge is 0.252 e. The highest BCUT2D eigenvalue weighted by Crippen LogP contribution is 2.38. The molecule has 0 aliphatic carbocycles. The van der Waals surface area contributed by atoms with Crippen LogP contribution in [-0.2, 0) is 0 Å². The van der Waals surface area contributed by atoms with Gasteiger partial charge in [0, 0.05) is 5.56 Å². The summed E-state index contributed by atoms with van der Waals surface area (Å²) >= 11 is 0. The largest absolute Gasteiger partial charge is 0.493 e. The maximum absolute atomic E-state index is 13.1. The van der Waals surface area contributed by atoms with Gasteiger partial charge in [-0.05, 0) is 30.2 Å². The zero-order valence-corrected chi connectivity index (χ0v) is 17.4. The SMILES string of the molecule is CCC(C)C(NC(=O)c1cc(OC)c(OC)c(OC)c1)c1nc2ccccc2[nH]1. The molecule has 29 heavy (non-hydrogen) atoms. The zero-order valence-electron chi connectivity index (χ0n) is 17.4. The Morgan fingerprint density at radius 2 is 1.76 bits per heavy atom. The zero-order chi connectivity index (χ0) is 21.0. The lowest BCUT2D eigenvalue weighted by molar-refractivity contribution is 0.0919. The molecule has 2 aromatic carbocycles. The van der Waals surface area contributed by atoms with Gasteiger partial charge >= 0.3 is 0 Å². The summed E-state index contributed by atoms with van der Waals surface area (Å²) in [5.41, 5.74) is 2.24. The molecule has 0 saturated heterocycles. The quantitative estimate of drug-likeness (QED) is 0.598. The molecule has 2 N–H and O–H groups in total. The lowest BCUT2D eigenvalue weighted by Gasteiger charge is -2.23. The van der Waals surface area contributed by atoms with Gasteiger partial charge in [0.1, 0.15) is 5.82 Å². The van der Waals surface area contributed by atoms with Crippen LogP contribution in [0, 0.1) is 5.92 Å². The lowest BCUT2D eigenvalue weighted by Crippen LogP contribution is -2.33. The molecule has 1 heterocycles. The van der Waals surface area contributed by atoms with E-state index in [0.29, 0.717) is 22.8 Å². The van der Waals surface area contributed by atoms with Crippen molar-refractivity contribution in [3.8, 4) is 17.2 Å². The number of para-hydroxylation sites is 2. The van der Waals surface area contributed by atoms with Crippen LogP contribution in [0.15, 0.2) is 36.4 Å². The van der Waals surface area contributed by atoms with E-state index in [2.05, 4.69) is 29.1 Å². The van der Waals surface area contributed by atoms with Crippen LogP contribution in [0.1, 0.15) is 42.5 Å². The van der Waals surface area contributed by atoms with Crippen molar-refractivity contribution in [1.29, 1.82) is 0 Å².